The number of hydrogen-bond acceptors (Lipinski definition) is 4. The molecule has 5 rings (SSSR count). The van der Waals surface area contributed by atoms with Gasteiger partial charge < -0.3 is 11.1 Å². The molecule has 0 aliphatic heterocycles. The Morgan fingerprint density at radius 2 is 2.08 bits per heavy atom. The highest BCUT2D eigenvalue weighted by Gasteiger charge is 2.44. The Morgan fingerprint density at radius 3 is 2.83 bits per heavy atom. The van der Waals surface area contributed by atoms with Crippen LogP contribution >= 0.6 is 11.6 Å². The predicted octanol–water partition coefficient (Wildman–Crippen LogP) is 3.43. The van der Waals surface area contributed by atoms with Crippen molar-refractivity contribution in [3.63, 3.8) is 0 Å². The van der Waals surface area contributed by atoms with Crippen LogP contribution in [0.15, 0.2) is 6.20 Å². The molecule has 128 valence electrons. The molecule has 3 N–H and O–H groups in total. The van der Waals surface area contributed by atoms with Crippen LogP contribution in [-0.2, 0) is 11.8 Å². The van der Waals surface area contributed by atoms with Crippen LogP contribution in [0.3, 0.4) is 0 Å². The lowest BCUT2D eigenvalue weighted by atomic mass is 9.83. The van der Waals surface area contributed by atoms with Crippen molar-refractivity contribution >= 4 is 23.1 Å². The zero-order chi connectivity index (χ0) is 16.3. The first-order valence-electron chi connectivity index (χ1n) is 9.25. The van der Waals surface area contributed by atoms with E-state index in [0.29, 0.717) is 17.1 Å². The lowest BCUT2D eigenvalue weighted by Gasteiger charge is -2.24. The van der Waals surface area contributed by atoms with Crippen molar-refractivity contribution in [3.8, 4) is 0 Å². The molecular weight excluding hydrogens is 322 g/mol. The van der Waals surface area contributed by atoms with Gasteiger partial charge in [0.2, 0.25) is 0 Å². The van der Waals surface area contributed by atoms with Gasteiger partial charge in [-0.25, -0.2) is 4.98 Å². The molecule has 0 bridgehead atoms. The molecule has 5 nitrogen and oxygen atoms in total. The number of anilines is 1. The number of rotatable bonds is 2. The lowest BCUT2D eigenvalue weighted by Crippen LogP contribution is -2.24. The summed E-state index contributed by atoms with van der Waals surface area (Å²) in [5.74, 6) is 1.12. The molecule has 0 saturated heterocycles. The molecule has 1 spiro atoms. The first-order valence-corrected chi connectivity index (χ1v) is 9.63. The molecule has 2 atom stereocenters. The number of fused-ring (bicyclic) bond motifs is 3. The van der Waals surface area contributed by atoms with Crippen LogP contribution in [0.4, 0.5) is 5.82 Å². The smallest absolute Gasteiger partial charge is 0.176 e. The summed E-state index contributed by atoms with van der Waals surface area (Å²) >= 11 is 6.39. The molecule has 0 radical (unpaired) electrons. The first kappa shape index (κ1) is 15.0. The highest BCUT2D eigenvalue weighted by Crippen LogP contribution is 2.51. The first-order chi connectivity index (χ1) is 11.7. The number of nitrogens with two attached hydrogens (primary N) is 1. The van der Waals surface area contributed by atoms with Crippen molar-refractivity contribution in [2.75, 3.05) is 5.32 Å². The number of aromatic nitrogens is 3. The standard InChI is InChI=1S/C18H24ClN5/c19-14-10-21-24-16(22-12-4-3-11(20)9-12)13-5-8-18(6-1-2-7-18)15(13)23-17(14)24/h10-12,22H,1-9,20H2/t11-,12+/m0/s1. The van der Waals surface area contributed by atoms with Gasteiger partial charge in [-0.2, -0.15) is 9.61 Å². The molecule has 0 unspecified atom stereocenters. The van der Waals surface area contributed by atoms with Crippen LogP contribution in [0, 0.1) is 0 Å². The number of nitrogens with zero attached hydrogens (tertiary/aromatic N) is 3. The molecule has 2 aromatic heterocycles. The maximum Gasteiger partial charge on any atom is 0.176 e. The maximum atomic E-state index is 6.39. The van der Waals surface area contributed by atoms with E-state index in [1.807, 2.05) is 4.52 Å². The summed E-state index contributed by atoms with van der Waals surface area (Å²) in [5, 5.41) is 8.90. The number of hydrogen-bond donors (Lipinski definition) is 2. The minimum atomic E-state index is 0.285. The van der Waals surface area contributed by atoms with Gasteiger partial charge in [-0.05, 0) is 44.9 Å². The largest absolute Gasteiger partial charge is 0.367 e. The van der Waals surface area contributed by atoms with E-state index in [1.165, 1.54) is 43.4 Å². The van der Waals surface area contributed by atoms with Crippen molar-refractivity contribution < 1.29 is 0 Å². The Kier molecular flexibility index (Phi) is 3.33. The Morgan fingerprint density at radius 1 is 1.25 bits per heavy atom. The van der Waals surface area contributed by atoms with Gasteiger partial charge >= 0.3 is 0 Å². The highest BCUT2D eigenvalue weighted by atomic mass is 35.5. The van der Waals surface area contributed by atoms with E-state index in [9.17, 15) is 0 Å². The van der Waals surface area contributed by atoms with Crippen molar-refractivity contribution in [3.05, 3.63) is 22.5 Å². The van der Waals surface area contributed by atoms with Gasteiger partial charge in [-0.1, -0.05) is 24.4 Å². The monoisotopic (exact) mass is 345 g/mol. The van der Waals surface area contributed by atoms with E-state index in [4.69, 9.17) is 22.3 Å². The molecule has 0 aromatic carbocycles. The molecule has 0 amide bonds. The highest BCUT2D eigenvalue weighted by molar-refractivity contribution is 6.33. The summed E-state index contributed by atoms with van der Waals surface area (Å²) in [6.45, 7) is 0. The van der Waals surface area contributed by atoms with Crippen LogP contribution in [0.25, 0.3) is 5.65 Å². The quantitative estimate of drug-likeness (QED) is 0.875. The zero-order valence-corrected chi connectivity index (χ0v) is 14.6. The molecule has 3 aliphatic rings. The zero-order valence-electron chi connectivity index (χ0n) is 13.9. The molecule has 2 saturated carbocycles. The fourth-order valence-electron chi connectivity index (χ4n) is 5.19. The van der Waals surface area contributed by atoms with E-state index in [2.05, 4.69) is 10.4 Å². The van der Waals surface area contributed by atoms with Crippen molar-refractivity contribution in [2.45, 2.75) is 75.3 Å². The van der Waals surface area contributed by atoms with Crippen molar-refractivity contribution in [1.82, 2.24) is 14.6 Å². The Bertz CT molecular complexity index is 792. The molecule has 6 heteroatoms. The van der Waals surface area contributed by atoms with E-state index >= 15 is 0 Å². The summed E-state index contributed by atoms with van der Waals surface area (Å²) in [4.78, 5) is 5.00. The fraction of sp³-hybridized carbons (Fsp3) is 0.667. The van der Waals surface area contributed by atoms with E-state index in [0.717, 1.165) is 37.1 Å². The minimum absolute atomic E-state index is 0.285. The van der Waals surface area contributed by atoms with Crippen molar-refractivity contribution in [1.29, 1.82) is 0 Å². The summed E-state index contributed by atoms with van der Waals surface area (Å²) in [6, 6.07) is 0.744. The molecule has 3 aliphatic carbocycles. The third-order valence-corrected chi connectivity index (χ3v) is 6.70. The third-order valence-electron chi connectivity index (χ3n) is 6.43. The Labute approximate surface area is 147 Å². The van der Waals surface area contributed by atoms with Gasteiger partial charge in [0.05, 0.1) is 11.9 Å². The van der Waals surface area contributed by atoms with Crippen molar-refractivity contribution in [2.24, 2.45) is 5.73 Å². The topological polar surface area (TPSA) is 68.2 Å². The lowest BCUT2D eigenvalue weighted by molar-refractivity contribution is 0.429. The van der Waals surface area contributed by atoms with E-state index < -0.39 is 0 Å². The normalized spacial score (nSPS) is 28.1. The third kappa shape index (κ3) is 2.10. The Balaban J connectivity index is 1.65. The van der Waals surface area contributed by atoms with E-state index in [1.54, 1.807) is 6.20 Å². The average Bonchev–Trinajstić information content (AvgIpc) is 3.33. The predicted molar refractivity (Wildman–Crippen MR) is 95.7 cm³/mol. The molecule has 2 fully saturated rings. The minimum Gasteiger partial charge on any atom is -0.367 e. The summed E-state index contributed by atoms with van der Waals surface area (Å²) in [6.07, 6.45) is 12.4. The van der Waals surface area contributed by atoms with Gasteiger partial charge in [0.25, 0.3) is 0 Å². The van der Waals surface area contributed by atoms with Gasteiger partial charge in [0, 0.05) is 23.1 Å². The second-order valence-electron chi connectivity index (χ2n) is 7.92. The van der Waals surface area contributed by atoms with Gasteiger partial charge in [-0.3, -0.25) is 0 Å². The molecule has 2 heterocycles. The van der Waals surface area contributed by atoms with Gasteiger partial charge in [0.15, 0.2) is 5.65 Å². The second-order valence-corrected chi connectivity index (χ2v) is 8.32. The van der Waals surface area contributed by atoms with Crippen LogP contribution in [0.2, 0.25) is 5.02 Å². The maximum absolute atomic E-state index is 6.39. The van der Waals surface area contributed by atoms with Gasteiger partial charge in [0.1, 0.15) is 10.8 Å². The fourth-order valence-corrected chi connectivity index (χ4v) is 5.35. The van der Waals surface area contributed by atoms with Crippen LogP contribution in [0.5, 0.6) is 0 Å². The average molecular weight is 346 g/mol. The van der Waals surface area contributed by atoms with Crippen LogP contribution in [-0.4, -0.2) is 26.7 Å². The molecule has 2 aromatic rings. The molecular formula is C18H24ClN5. The summed E-state index contributed by atoms with van der Waals surface area (Å²) < 4.78 is 1.92. The SMILES string of the molecule is N[C@H]1CC[C@@H](Nc2c3c(nc4c(Cl)cnn24)C2(CCCC2)CC3)C1. The second kappa shape index (κ2) is 5.33. The van der Waals surface area contributed by atoms with Crippen LogP contribution < -0.4 is 11.1 Å². The van der Waals surface area contributed by atoms with E-state index in [-0.39, 0.29) is 5.41 Å². The molecule has 24 heavy (non-hydrogen) atoms. The summed E-state index contributed by atoms with van der Waals surface area (Å²) in [7, 11) is 0. The van der Waals surface area contributed by atoms with Gasteiger partial charge in [-0.15, -0.1) is 0 Å². The number of halogens is 1. The van der Waals surface area contributed by atoms with Crippen LogP contribution in [0.1, 0.15) is 62.6 Å². The summed E-state index contributed by atoms with van der Waals surface area (Å²) in [5.41, 5.74) is 9.85. The number of nitrogens with one attached hydrogen (secondary N) is 1. The Hall–Kier alpha value is -1.33.